The molecule has 4 nitrogen and oxygen atoms in total. The molecule has 1 N–H and O–H groups in total. The van der Waals surface area contributed by atoms with Crippen LogP contribution >= 0.6 is 11.3 Å². The maximum atomic E-state index is 11.4. The zero-order valence-corrected chi connectivity index (χ0v) is 15.6. The molecule has 0 bridgehead atoms. The van der Waals surface area contributed by atoms with Gasteiger partial charge in [0.05, 0.1) is 13.0 Å². The smallest absolute Gasteiger partial charge is 0.304 e. The lowest BCUT2D eigenvalue weighted by atomic mass is 9.92. The SMILES string of the molecule is CCOc1ccc(C)cc1-c1cccc(C(CC(=O)O)c2nccs2)c1. The van der Waals surface area contributed by atoms with Crippen LogP contribution in [0.5, 0.6) is 5.75 Å². The lowest BCUT2D eigenvalue weighted by Crippen LogP contribution is -2.08. The molecule has 1 unspecified atom stereocenters. The van der Waals surface area contributed by atoms with Crippen molar-refractivity contribution in [1.29, 1.82) is 0 Å². The Kier molecular flexibility index (Phi) is 5.68. The van der Waals surface area contributed by atoms with Crippen LogP contribution in [-0.2, 0) is 4.79 Å². The first kappa shape index (κ1) is 18.1. The van der Waals surface area contributed by atoms with Gasteiger partial charge in [0.1, 0.15) is 10.8 Å². The second-order valence-electron chi connectivity index (χ2n) is 6.08. The average molecular weight is 367 g/mol. The summed E-state index contributed by atoms with van der Waals surface area (Å²) in [4.78, 5) is 15.7. The summed E-state index contributed by atoms with van der Waals surface area (Å²) in [5.74, 6) is -0.256. The van der Waals surface area contributed by atoms with Gasteiger partial charge in [-0.25, -0.2) is 4.98 Å². The van der Waals surface area contributed by atoms with Gasteiger partial charge in [0, 0.05) is 23.1 Å². The first-order valence-electron chi connectivity index (χ1n) is 8.53. The molecule has 0 radical (unpaired) electrons. The Morgan fingerprint density at radius 2 is 2.12 bits per heavy atom. The quantitative estimate of drug-likeness (QED) is 0.629. The second-order valence-corrected chi connectivity index (χ2v) is 7.01. The molecule has 0 spiro atoms. The maximum Gasteiger partial charge on any atom is 0.304 e. The number of rotatable bonds is 7. The molecule has 1 atom stereocenters. The summed E-state index contributed by atoms with van der Waals surface area (Å²) in [5, 5.41) is 12.0. The molecule has 134 valence electrons. The third-order valence-electron chi connectivity index (χ3n) is 4.16. The van der Waals surface area contributed by atoms with Gasteiger partial charge in [-0.1, -0.05) is 35.9 Å². The zero-order chi connectivity index (χ0) is 18.5. The number of carboxylic acids is 1. The van der Waals surface area contributed by atoms with E-state index in [1.807, 2.05) is 55.6 Å². The molecule has 3 rings (SSSR count). The molecule has 1 aromatic heterocycles. The van der Waals surface area contributed by atoms with Crippen LogP contribution in [0, 0.1) is 6.92 Å². The number of thiazole rings is 1. The van der Waals surface area contributed by atoms with E-state index in [4.69, 9.17) is 4.74 Å². The normalized spacial score (nSPS) is 11.9. The first-order chi connectivity index (χ1) is 12.6. The van der Waals surface area contributed by atoms with E-state index in [1.54, 1.807) is 6.20 Å². The van der Waals surface area contributed by atoms with Crippen molar-refractivity contribution in [3.8, 4) is 16.9 Å². The molecule has 0 aliphatic rings. The number of hydrogen-bond donors (Lipinski definition) is 1. The van der Waals surface area contributed by atoms with E-state index in [2.05, 4.69) is 11.1 Å². The summed E-state index contributed by atoms with van der Waals surface area (Å²) in [5.41, 5.74) is 4.13. The van der Waals surface area contributed by atoms with Crippen molar-refractivity contribution in [3.05, 3.63) is 70.2 Å². The van der Waals surface area contributed by atoms with E-state index in [-0.39, 0.29) is 12.3 Å². The Morgan fingerprint density at radius 3 is 2.81 bits per heavy atom. The van der Waals surface area contributed by atoms with Crippen LogP contribution in [-0.4, -0.2) is 22.7 Å². The van der Waals surface area contributed by atoms with Crippen LogP contribution in [0.3, 0.4) is 0 Å². The molecule has 3 aromatic rings. The van der Waals surface area contributed by atoms with Gasteiger partial charge in [0.25, 0.3) is 0 Å². The van der Waals surface area contributed by atoms with E-state index in [0.717, 1.165) is 33.0 Å². The Morgan fingerprint density at radius 1 is 1.27 bits per heavy atom. The van der Waals surface area contributed by atoms with Gasteiger partial charge in [0.2, 0.25) is 0 Å². The minimum atomic E-state index is -0.832. The van der Waals surface area contributed by atoms with Gasteiger partial charge < -0.3 is 9.84 Å². The molecular weight excluding hydrogens is 346 g/mol. The van der Waals surface area contributed by atoms with Gasteiger partial charge in [-0.3, -0.25) is 4.79 Å². The number of aryl methyl sites for hydroxylation is 1. The molecule has 2 aromatic carbocycles. The van der Waals surface area contributed by atoms with E-state index in [9.17, 15) is 9.90 Å². The van der Waals surface area contributed by atoms with Gasteiger partial charge in [-0.15, -0.1) is 11.3 Å². The predicted octanol–water partition coefficient (Wildman–Crippen LogP) is 5.12. The number of nitrogens with zero attached hydrogens (tertiary/aromatic N) is 1. The molecule has 0 aliphatic carbocycles. The van der Waals surface area contributed by atoms with E-state index < -0.39 is 5.97 Å². The van der Waals surface area contributed by atoms with Crippen LogP contribution in [0.1, 0.15) is 35.4 Å². The van der Waals surface area contributed by atoms with Gasteiger partial charge >= 0.3 is 5.97 Å². The zero-order valence-electron chi connectivity index (χ0n) is 14.8. The molecule has 26 heavy (non-hydrogen) atoms. The van der Waals surface area contributed by atoms with Gasteiger partial charge in [-0.2, -0.15) is 0 Å². The summed E-state index contributed by atoms with van der Waals surface area (Å²) in [6.45, 7) is 4.60. The molecule has 5 heteroatoms. The minimum Gasteiger partial charge on any atom is -0.493 e. The predicted molar refractivity (Wildman–Crippen MR) is 104 cm³/mol. The highest BCUT2D eigenvalue weighted by Crippen LogP contribution is 2.35. The number of aromatic nitrogens is 1. The number of ether oxygens (including phenoxy) is 1. The van der Waals surface area contributed by atoms with Crippen molar-refractivity contribution < 1.29 is 14.6 Å². The number of benzene rings is 2. The van der Waals surface area contributed by atoms with Crippen molar-refractivity contribution in [2.45, 2.75) is 26.2 Å². The lowest BCUT2D eigenvalue weighted by molar-refractivity contribution is -0.137. The standard InChI is InChI=1S/C21H21NO3S/c1-3-25-19-8-7-14(2)11-17(19)15-5-4-6-16(12-15)18(13-20(23)24)21-22-9-10-26-21/h4-12,18H,3,13H2,1-2H3,(H,23,24). The fraction of sp³-hybridized carbons (Fsp3) is 0.238. The number of aliphatic carboxylic acids is 1. The summed E-state index contributed by atoms with van der Waals surface area (Å²) >= 11 is 1.48. The Hall–Kier alpha value is -2.66. The van der Waals surface area contributed by atoms with Crippen molar-refractivity contribution in [1.82, 2.24) is 4.98 Å². The topological polar surface area (TPSA) is 59.4 Å². The largest absolute Gasteiger partial charge is 0.493 e. The molecule has 0 amide bonds. The third-order valence-corrected chi connectivity index (χ3v) is 5.05. The van der Waals surface area contributed by atoms with Crippen molar-refractivity contribution in [3.63, 3.8) is 0 Å². The third kappa shape index (κ3) is 4.11. The van der Waals surface area contributed by atoms with Gasteiger partial charge in [-0.05, 0) is 37.1 Å². The minimum absolute atomic E-state index is 0.0170. The van der Waals surface area contributed by atoms with E-state index in [1.165, 1.54) is 11.3 Å². The maximum absolute atomic E-state index is 11.4. The lowest BCUT2D eigenvalue weighted by Gasteiger charge is -2.16. The van der Waals surface area contributed by atoms with Crippen molar-refractivity contribution >= 4 is 17.3 Å². The monoisotopic (exact) mass is 367 g/mol. The van der Waals surface area contributed by atoms with E-state index in [0.29, 0.717) is 6.61 Å². The second kappa shape index (κ2) is 8.15. The average Bonchev–Trinajstić information content (AvgIpc) is 3.16. The van der Waals surface area contributed by atoms with Crippen LogP contribution in [0.25, 0.3) is 11.1 Å². The summed E-state index contributed by atoms with van der Waals surface area (Å²) in [7, 11) is 0. The first-order valence-corrected chi connectivity index (χ1v) is 9.41. The Bertz CT molecular complexity index is 890. The van der Waals surface area contributed by atoms with Crippen molar-refractivity contribution in [2.24, 2.45) is 0 Å². The highest BCUT2D eigenvalue weighted by molar-refractivity contribution is 7.09. The highest BCUT2D eigenvalue weighted by atomic mass is 32.1. The Labute approximate surface area is 157 Å². The Balaban J connectivity index is 2.05. The fourth-order valence-electron chi connectivity index (χ4n) is 3.00. The van der Waals surface area contributed by atoms with Crippen LogP contribution < -0.4 is 4.74 Å². The molecule has 0 aliphatic heterocycles. The van der Waals surface area contributed by atoms with E-state index >= 15 is 0 Å². The fourth-order valence-corrected chi connectivity index (χ4v) is 3.77. The number of carboxylic acid groups (broad SMARTS) is 1. The van der Waals surface area contributed by atoms with Crippen LogP contribution in [0.15, 0.2) is 54.0 Å². The van der Waals surface area contributed by atoms with Crippen molar-refractivity contribution in [2.75, 3.05) is 6.61 Å². The van der Waals surface area contributed by atoms with Gasteiger partial charge in [0.15, 0.2) is 0 Å². The number of carbonyl (C=O) groups is 1. The number of hydrogen-bond acceptors (Lipinski definition) is 4. The molecule has 0 fully saturated rings. The summed E-state index contributed by atoms with van der Waals surface area (Å²) in [6, 6.07) is 14.1. The molecule has 0 saturated carbocycles. The molecule has 1 heterocycles. The van der Waals surface area contributed by atoms with Crippen LogP contribution in [0.2, 0.25) is 0 Å². The summed E-state index contributed by atoms with van der Waals surface area (Å²) in [6.07, 6.45) is 1.73. The highest BCUT2D eigenvalue weighted by Gasteiger charge is 2.21. The molecular formula is C21H21NO3S. The molecule has 0 saturated heterocycles. The summed E-state index contributed by atoms with van der Waals surface area (Å²) < 4.78 is 5.78. The van der Waals surface area contributed by atoms with Crippen LogP contribution in [0.4, 0.5) is 0 Å².